The summed E-state index contributed by atoms with van der Waals surface area (Å²) < 4.78 is 0. The fraction of sp³-hybridized carbons (Fsp3) is 0.900. The molecule has 1 atom stereocenters. The van der Waals surface area contributed by atoms with Gasteiger partial charge in [0.15, 0.2) is 5.78 Å². The van der Waals surface area contributed by atoms with Crippen LogP contribution in [0, 0.1) is 5.92 Å². The number of ketones is 1. The van der Waals surface area contributed by atoms with Gasteiger partial charge in [-0.15, -0.1) is 0 Å². The third-order valence-corrected chi connectivity index (χ3v) is 2.80. The molecular weight excluding hydrogens is 182 g/mol. The number of aliphatic hydroxyl groups excluding tert-OH is 2. The Labute approximate surface area is 84.5 Å². The molecule has 0 bridgehead atoms. The summed E-state index contributed by atoms with van der Waals surface area (Å²) >= 11 is 0. The van der Waals surface area contributed by atoms with E-state index in [1.807, 2.05) is 4.90 Å². The van der Waals surface area contributed by atoms with E-state index >= 15 is 0 Å². The quantitative estimate of drug-likeness (QED) is 0.652. The molecule has 2 N–H and O–H groups in total. The van der Waals surface area contributed by atoms with Crippen molar-refractivity contribution in [3.8, 4) is 0 Å². The molecule has 0 amide bonds. The van der Waals surface area contributed by atoms with E-state index in [1.165, 1.54) is 0 Å². The van der Waals surface area contributed by atoms with E-state index in [2.05, 4.69) is 6.92 Å². The monoisotopic (exact) mass is 201 g/mol. The third kappa shape index (κ3) is 3.36. The minimum Gasteiger partial charge on any atom is -0.393 e. The van der Waals surface area contributed by atoms with Crippen LogP contribution in [0.5, 0.6) is 0 Å². The van der Waals surface area contributed by atoms with Gasteiger partial charge in [0.25, 0.3) is 0 Å². The average Bonchev–Trinajstić information content (AvgIpc) is 2.20. The van der Waals surface area contributed by atoms with E-state index in [1.54, 1.807) is 0 Å². The van der Waals surface area contributed by atoms with Gasteiger partial charge in [-0.25, -0.2) is 0 Å². The molecule has 1 aliphatic rings. The molecule has 1 fully saturated rings. The maximum Gasteiger partial charge on any atom is 0.177 e. The summed E-state index contributed by atoms with van der Waals surface area (Å²) in [6, 6.07) is 0. The van der Waals surface area contributed by atoms with Crippen LogP contribution >= 0.6 is 0 Å². The van der Waals surface area contributed by atoms with Gasteiger partial charge in [-0.05, 0) is 31.8 Å². The lowest BCUT2D eigenvalue weighted by molar-refractivity contribution is -0.130. The molecule has 1 saturated heterocycles. The van der Waals surface area contributed by atoms with Crippen LogP contribution in [0.4, 0.5) is 0 Å². The van der Waals surface area contributed by atoms with Gasteiger partial charge in [-0.1, -0.05) is 6.92 Å². The molecule has 0 saturated carbocycles. The first-order valence-electron chi connectivity index (χ1n) is 5.17. The van der Waals surface area contributed by atoms with Gasteiger partial charge in [0.05, 0.1) is 13.2 Å². The molecule has 0 radical (unpaired) electrons. The summed E-state index contributed by atoms with van der Waals surface area (Å²) in [7, 11) is 0. The first kappa shape index (κ1) is 11.6. The number of nitrogens with zero attached hydrogens (tertiary/aromatic N) is 1. The van der Waals surface area contributed by atoms with E-state index in [0.29, 0.717) is 0 Å². The Morgan fingerprint density at radius 2 is 2.07 bits per heavy atom. The average molecular weight is 201 g/mol. The highest BCUT2D eigenvalue weighted by Crippen LogP contribution is 2.15. The molecule has 4 nitrogen and oxygen atoms in total. The van der Waals surface area contributed by atoms with Crippen LogP contribution in [0.3, 0.4) is 0 Å². The molecule has 1 aliphatic heterocycles. The SMILES string of the molecule is CC1CCN(CC(=O)C(O)CO)CC1. The van der Waals surface area contributed by atoms with E-state index in [0.717, 1.165) is 31.8 Å². The number of Topliss-reactive ketones (excluding diaryl/α,β-unsaturated/α-hetero) is 1. The van der Waals surface area contributed by atoms with Gasteiger partial charge in [0, 0.05) is 0 Å². The fourth-order valence-corrected chi connectivity index (χ4v) is 1.65. The molecule has 0 spiro atoms. The Kier molecular flexibility index (Phi) is 4.51. The molecule has 14 heavy (non-hydrogen) atoms. The summed E-state index contributed by atoms with van der Waals surface area (Å²) in [5.41, 5.74) is 0. The van der Waals surface area contributed by atoms with Gasteiger partial charge in [0.1, 0.15) is 6.10 Å². The number of carbonyl (C=O) groups is 1. The van der Waals surface area contributed by atoms with E-state index < -0.39 is 12.7 Å². The number of hydrogen-bond donors (Lipinski definition) is 2. The molecule has 0 aliphatic carbocycles. The van der Waals surface area contributed by atoms with E-state index in [-0.39, 0.29) is 12.3 Å². The van der Waals surface area contributed by atoms with Gasteiger partial charge < -0.3 is 10.2 Å². The van der Waals surface area contributed by atoms with Crippen LogP contribution < -0.4 is 0 Å². The fourth-order valence-electron chi connectivity index (χ4n) is 1.65. The Morgan fingerprint density at radius 3 is 2.57 bits per heavy atom. The summed E-state index contributed by atoms with van der Waals surface area (Å²) in [5, 5.41) is 17.7. The lowest BCUT2D eigenvalue weighted by Crippen LogP contribution is -2.41. The number of likely N-dealkylation sites (tertiary alicyclic amines) is 1. The molecule has 0 aromatic carbocycles. The van der Waals surface area contributed by atoms with Crippen LogP contribution in [0.15, 0.2) is 0 Å². The van der Waals surface area contributed by atoms with E-state index in [4.69, 9.17) is 10.2 Å². The van der Waals surface area contributed by atoms with E-state index in [9.17, 15) is 4.79 Å². The van der Waals surface area contributed by atoms with Crippen molar-refractivity contribution in [1.82, 2.24) is 4.90 Å². The molecule has 1 heterocycles. The van der Waals surface area contributed by atoms with Crippen LogP contribution in [-0.4, -0.2) is 53.2 Å². The number of rotatable bonds is 4. The summed E-state index contributed by atoms with van der Waals surface area (Å²) in [4.78, 5) is 13.3. The maximum absolute atomic E-state index is 11.3. The van der Waals surface area contributed by atoms with Crippen LogP contribution in [0.25, 0.3) is 0 Å². The highest BCUT2D eigenvalue weighted by molar-refractivity contribution is 5.84. The molecule has 1 unspecified atom stereocenters. The minimum absolute atomic E-state index is 0.272. The zero-order chi connectivity index (χ0) is 10.6. The predicted octanol–water partition coefficient (Wildman–Crippen LogP) is -0.359. The zero-order valence-corrected chi connectivity index (χ0v) is 8.65. The summed E-state index contributed by atoms with van der Waals surface area (Å²) in [5.74, 6) is 0.464. The van der Waals surface area contributed by atoms with Crippen LogP contribution in [0.1, 0.15) is 19.8 Å². The zero-order valence-electron chi connectivity index (χ0n) is 8.65. The lowest BCUT2D eigenvalue weighted by Gasteiger charge is -2.29. The van der Waals surface area contributed by atoms with Crippen molar-refractivity contribution in [3.63, 3.8) is 0 Å². The minimum atomic E-state index is -1.20. The van der Waals surface area contributed by atoms with Crippen molar-refractivity contribution in [2.24, 2.45) is 5.92 Å². The smallest absolute Gasteiger partial charge is 0.177 e. The molecule has 1 rings (SSSR count). The largest absolute Gasteiger partial charge is 0.393 e. The van der Waals surface area contributed by atoms with Crippen molar-refractivity contribution in [1.29, 1.82) is 0 Å². The van der Waals surface area contributed by atoms with Crippen molar-refractivity contribution in [2.45, 2.75) is 25.9 Å². The number of hydrogen-bond acceptors (Lipinski definition) is 4. The van der Waals surface area contributed by atoms with Gasteiger partial charge in [-0.2, -0.15) is 0 Å². The van der Waals surface area contributed by atoms with Crippen LogP contribution in [-0.2, 0) is 4.79 Å². The second-order valence-corrected chi connectivity index (χ2v) is 4.12. The highest BCUT2D eigenvalue weighted by atomic mass is 16.3. The first-order valence-corrected chi connectivity index (χ1v) is 5.17. The molecule has 0 aromatic heterocycles. The molecule has 82 valence electrons. The van der Waals surface area contributed by atoms with Gasteiger partial charge >= 0.3 is 0 Å². The van der Waals surface area contributed by atoms with Gasteiger partial charge in [-0.3, -0.25) is 9.69 Å². The van der Waals surface area contributed by atoms with Crippen molar-refractivity contribution >= 4 is 5.78 Å². The normalized spacial score (nSPS) is 22.2. The number of carbonyl (C=O) groups excluding carboxylic acids is 1. The Hall–Kier alpha value is -0.450. The lowest BCUT2D eigenvalue weighted by atomic mass is 9.99. The summed E-state index contributed by atoms with van der Waals surface area (Å²) in [6.07, 6.45) is 1.03. The highest BCUT2D eigenvalue weighted by Gasteiger charge is 2.21. The van der Waals surface area contributed by atoms with Crippen LogP contribution in [0.2, 0.25) is 0 Å². The number of aliphatic hydroxyl groups is 2. The van der Waals surface area contributed by atoms with Crippen molar-refractivity contribution in [2.75, 3.05) is 26.2 Å². The first-order chi connectivity index (χ1) is 6.63. The van der Waals surface area contributed by atoms with Crippen molar-refractivity contribution < 1.29 is 15.0 Å². The second kappa shape index (κ2) is 5.44. The molecule has 0 aromatic rings. The Bertz CT molecular complexity index is 188. The maximum atomic E-state index is 11.3. The topological polar surface area (TPSA) is 60.8 Å². The van der Waals surface area contributed by atoms with Crippen molar-refractivity contribution in [3.05, 3.63) is 0 Å². The summed E-state index contributed by atoms with van der Waals surface area (Å²) in [6.45, 7) is 3.86. The van der Waals surface area contributed by atoms with Gasteiger partial charge in [0.2, 0.25) is 0 Å². The standard InChI is InChI=1S/C10H19NO3/c1-8-2-4-11(5-3-8)6-9(13)10(14)7-12/h8,10,12,14H,2-7H2,1H3. The Balaban J connectivity index is 2.27. The molecular formula is C10H19NO3. The predicted molar refractivity (Wildman–Crippen MR) is 52.9 cm³/mol. The third-order valence-electron chi connectivity index (χ3n) is 2.80. The second-order valence-electron chi connectivity index (χ2n) is 4.12. The number of piperidine rings is 1. The Morgan fingerprint density at radius 1 is 1.50 bits per heavy atom. The molecule has 4 heteroatoms.